The molecule has 5 rings (SSSR count). The number of methoxy groups -OCH3 is 1. The number of hydrogen-bond donors (Lipinski definition) is 3. The van der Waals surface area contributed by atoms with Crippen molar-refractivity contribution in [2.24, 2.45) is 0 Å². The molecule has 0 fully saturated rings. The average molecular weight is 716 g/mol. The summed E-state index contributed by atoms with van der Waals surface area (Å²) in [6.07, 6.45) is 4.68. The first kappa shape index (κ1) is 37.2. The number of rotatable bonds is 17. The van der Waals surface area contributed by atoms with Crippen LogP contribution in [0.5, 0.6) is 28.7 Å². The fourth-order valence-corrected chi connectivity index (χ4v) is 5.87. The molecule has 1 heterocycles. The quantitative estimate of drug-likeness (QED) is 0.0742. The van der Waals surface area contributed by atoms with E-state index in [0.29, 0.717) is 66.6 Å². The molecule has 1 amide bonds. The van der Waals surface area contributed by atoms with Crippen LogP contribution < -0.4 is 35.2 Å². The number of aryl methyl sites for hydroxylation is 1. The van der Waals surface area contributed by atoms with Gasteiger partial charge in [0.2, 0.25) is 0 Å². The Morgan fingerprint density at radius 2 is 1.49 bits per heavy atom. The first-order chi connectivity index (χ1) is 24.7. The molecule has 51 heavy (non-hydrogen) atoms. The minimum Gasteiger partial charge on any atom is -0.494 e. The first-order valence-electron chi connectivity index (χ1n) is 17.1. The van der Waals surface area contributed by atoms with E-state index >= 15 is 0 Å². The zero-order valence-electron chi connectivity index (χ0n) is 29.3. The Labute approximate surface area is 304 Å². The van der Waals surface area contributed by atoms with Gasteiger partial charge in [0.1, 0.15) is 12.4 Å². The van der Waals surface area contributed by atoms with E-state index in [1.54, 1.807) is 29.3 Å². The molecule has 10 nitrogen and oxygen atoms in total. The molecule has 4 aromatic rings. The van der Waals surface area contributed by atoms with Crippen LogP contribution in [0.2, 0.25) is 5.02 Å². The summed E-state index contributed by atoms with van der Waals surface area (Å²) in [7, 11) is 1.52. The second kappa shape index (κ2) is 17.7. The third kappa shape index (κ3) is 9.59. The van der Waals surface area contributed by atoms with E-state index in [4.69, 9.17) is 46.8 Å². The summed E-state index contributed by atoms with van der Waals surface area (Å²) in [5, 5.41) is 10.8. The number of unbranched alkanes of at least 4 members (excludes halogenated alkanes) is 2. The number of carbonyl (C=O) groups is 1. The van der Waals surface area contributed by atoms with Gasteiger partial charge in [-0.2, -0.15) is 0 Å². The van der Waals surface area contributed by atoms with Crippen LogP contribution in [0.3, 0.4) is 0 Å². The molecule has 0 bridgehead atoms. The third-order valence-corrected chi connectivity index (χ3v) is 8.89. The van der Waals surface area contributed by atoms with Crippen molar-refractivity contribution in [1.29, 1.82) is 0 Å². The molecule has 1 aliphatic heterocycles. The summed E-state index contributed by atoms with van der Waals surface area (Å²) in [5.41, 5.74) is 17.5. The van der Waals surface area contributed by atoms with Gasteiger partial charge in [0.15, 0.2) is 23.0 Å². The molecule has 1 unspecified atom stereocenters. The lowest BCUT2D eigenvalue weighted by atomic mass is 10.0. The minimum absolute atomic E-state index is 0.190. The van der Waals surface area contributed by atoms with E-state index < -0.39 is 6.04 Å². The van der Waals surface area contributed by atoms with Gasteiger partial charge in [0.05, 0.1) is 45.1 Å². The molecular weight excluding hydrogens is 670 g/mol. The van der Waals surface area contributed by atoms with Crippen LogP contribution in [0.1, 0.15) is 59.7 Å². The lowest BCUT2D eigenvalue weighted by Gasteiger charge is -2.23. The van der Waals surface area contributed by atoms with Gasteiger partial charge in [-0.3, -0.25) is 4.79 Å². The van der Waals surface area contributed by atoms with Crippen molar-refractivity contribution in [3.63, 3.8) is 0 Å². The molecule has 1 aliphatic rings. The second-order valence-electron chi connectivity index (χ2n) is 12.3. The summed E-state index contributed by atoms with van der Waals surface area (Å²) in [4.78, 5) is 15.2. The Balaban J connectivity index is 1.13. The van der Waals surface area contributed by atoms with E-state index in [1.807, 2.05) is 68.4 Å². The monoisotopic (exact) mass is 715 g/mol. The SMILES string of the molecule is CCOc1ccc(C2=CN(C(=O)c3cc(OC)c(OCCCCCOc4cc(N)c(C)cc4OCc4ccc(Cl)cc4)cc3N)C(CO)C2)cc1. The van der Waals surface area contributed by atoms with Gasteiger partial charge in [-0.05, 0) is 98.2 Å². The molecule has 0 aromatic heterocycles. The predicted octanol–water partition coefficient (Wildman–Crippen LogP) is 7.68. The lowest BCUT2D eigenvalue weighted by molar-refractivity contribution is 0.0733. The lowest BCUT2D eigenvalue weighted by Crippen LogP contribution is -2.35. The molecular formula is C40H46ClN3O7. The number of aliphatic hydroxyl groups is 1. The highest BCUT2D eigenvalue weighted by atomic mass is 35.5. The Bertz CT molecular complexity index is 1810. The van der Waals surface area contributed by atoms with Crippen LogP contribution in [0.4, 0.5) is 11.4 Å². The largest absolute Gasteiger partial charge is 0.494 e. The van der Waals surface area contributed by atoms with Crippen LogP contribution in [0, 0.1) is 6.92 Å². The number of aliphatic hydroxyl groups excluding tert-OH is 1. The van der Waals surface area contributed by atoms with Gasteiger partial charge in [0.25, 0.3) is 5.91 Å². The molecule has 0 saturated carbocycles. The fraction of sp³-hybridized carbons (Fsp3) is 0.325. The van der Waals surface area contributed by atoms with Crippen molar-refractivity contribution in [2.45, 2.75) is 52.2 Å². The number of anilines is 2. The molecule has 0 saturated heterocycles. The number of carbonyl (C=O) groups excluding carboxylic acids is 1. The van der Waals surface area contributed by atoms with E-state index in [9.17, 15) is 9.90 Å². The highest BCUT2D eigenvalue weighted by molar-refractivity contribution is 6.30. The topological polar surface area (TPSA) is 139 Å². The number of nitrogens with two attached hydrogens (primary N) is 2. The van der Waals surface area contributed by atoms with Gasteiger partial charge in [0, 0.05) is 34.7 Å². The normalized spacial score (nSPS) is 13.9. The number of nitrogen functional groups attached to an aromatic ring is 2. The predicted molar refractivity (Wildman–Crippen MR) is 201 cm³/mol. The molecule has 0 radical (unpaired) electrons. The Hall–Kier alpha value is -5.06. The molecule has 5 N–H and O–H groups in total. The van der Waals surface area contributed by atoms with Crippen LogP contribution in [0.25, 0.3) is 5.57 Å². The summed E-state index contributed by atoms with van der Waals surface area (Å²) in [5.74, 6) is 2.53. The fourth-order valence-electron chi connectivity index (χ4n) is 5.74. The maximum absolute atomic E-state index is 13.7. The van der Waals surface area contributed by atoms with Crippen LogP contribution in [0.15, 0.2) is 79.0 Å². The van der Waals surface area contributed by atoms with E-state index in [2.05, 4.69) is 0 Å². The minimum atomic E-state index is -0.416. The zero-order valence-corrected chi connectivity index (χ0v) is 30.1. The van der Waals surface area contributed by atoms with Gasteiger partial charge in [-0.1, -0.05) is 35.9 Å². The average Bonchev–Trinajstić information content (AvgIpc) is 3.57. The van der Waals surface area contributed by atoms with E-state index in [-0.39, 0.29) is 23.8 Å². The van der Waals surface area contributed by atoms with Gasteiger partial charge in [-0.15, -0.1) is 0 Å². The van der Waals surface area contributed by atoms with Crippen molar-refractivity contribution in [3.05, 3.63) is 106 Å². The van der Waals surface area contributed by atoms with Crippen LogP contribution in [-0.4, -0.2) is 55.5 Å². The third-order valence-electron chi connectivity index (χ3n) is 8.64. The Morgan fingerprint density at radius 3 is 2.14 bits per heavy atom. The Kier molecular flexibility index (Phi) is 12.9. The maximum atomic E-state index is 13.7. The molecule has 4 aromatic carbocycles. The standard InChI is InChI=1S/C40H46ClN3O7/c1-4-48-32-14-10-28(11-15-32)29-19-31(24-45)44(23-29)40(46)33-20-36(47-3)38(22-35(33)43)49-16-6-5-7-17-50-39-21-34(42)26(2)18-37(39)51-25-27-8-12-30(41)13-9-27/h8-15,18,20-23,31,45H,4-7,16-17,19,24-25,42-43H2,1-3H3. The molecule has 1 atom stereocenters. The van der Waals surface area contributed by atoms with Crippen LogP contribution >= 0.6 is 11.6 Å². The summed E-state index contributed by atoms with van der Waals surface area (Å²) in [6.45, 7) is 5.53. The van der Waals surface area contributed by atoms with Crippen molar-refractivity contribution in [3.8, 4) is 28.7 Å². The van der Waals surface area contributed by atoms with Gasteiger partial charge < -0.3 is 45.2 Å². The highest BCUT2D eigenvalue weighted by Gasteiger charge is 2.31. The summed E-state index contributed by atoms with van der Waals surface area (Å²) in [6, 6.07) is 21.7. The number of nitrogens with zero attached hydrogens (tertiary/aromatic N) is 1. The summed E-state index contributed by atoms with van der Waals surface area (Å²) < 4.78 is 29.3. The number of ether oxygens (including phenoxy) is 5. The highest BCUT2D eigenvalue weighted by Crippen LogP contribution is 2.37. The van der Waals surface area contributed by atoms with Crippen molar-refractivity contribution < 1.29 is 33.6 Å². The first-order valence-corrected chi connectivity index (χ1v) is 17.5. The summed E-state index contributed by atoms with van der Waals surface area (Å²) >= 11 is 6.00. The van der Waals surface area contributed by atoms with E-state index in [1.165, 1.54) is 7.11 Å². The second-order valence-corrected chi connectivity index (χ2v) is 12.7. The van der Waals surface area contributed by atoms with Gasteiger partial charge in [-0.25, -0.2) is 0 Å². The number of amides is 1. The molecule has 0 spiro atoms. The van der Waals surface area contributed by atoms with Crippen molar-refractivity contribution >= 4 is 34.5 Å². The zero-order chi connectivity index (χ0) is 36.3. The molecule has 0 aliphatic carbocycles. The molecule has 11 heteroatoms. The molecule has 270 valence electrons. The van der Waals surface area contributed by atoms with E-state index in [0.717, 1.165) is 47.3 Å². The smallest absolute Gasteiger partial charge is 0.260 e. The van der Waals surface area contributed by atoms with Crippen molar-refractivity contribution in [2.75, 3.05) is 45.0 Å². The number of benzene rings is 4. The van der Waals surface area contributed by atoms with Crippen molar-refractivity contribution in [1.82, 2.24) is 4.90 Å². The van der Waals surface area contributed by atoms with Crippen LogP contribution in [-0.2, 0) is 6.61 Å². The number of halogens is 1. The maximum Gasteiger partial charge on any atom is 0.260 e. The number of hydrogen-bond acceptors (Lipinski definition) is 9. The Morgan fingerprint density at radius 1 is 0.843 bits per heavy atom. The van der Waals surface area contributed by atoms with Gasteiger partial charge >= 0.3 is 0 Å².